The number of methoxy groups -OCH3 is 1. The van der Waals surface area contributed by atoms with Crippen LogP contribution >= 0.6 is 11.3 Å². The van der Waals surface area contributed by atoms with Gasteiger partial charge in [0.1, 0.15) is 0 Å². The number of urea groups is 1. The van der Waals surface area contributed by atoms with Gasteiger partial charge in [-0.05, 0) is 36.8 Å². The van der Waals surface area contributed by atoms with Gasteiger partial charge < -0.3 is 14.8 Å². The Balaban J connectivity index is 1.93. The number of hydrogen-bond donors (Lipinski definition) is 3. The van der Waals surface area contributed by atoms with E-state index >= 15 is 0 Å². The van der Waals surface area contributed by atoms with Crippen LogP contribution in [0.5, 0.6) is 17.2 Å². The van der Waals surface area contributed by atoms with Gasteiger partial charge in [-0.15, -0.1) is 11.3 Å². The number of nitrogens with one attached hydrogen (secondary N) is 3. The van der Waals surface area contributed by atoms with E-state index in [2.05, 4.69) is 20.3 Å². The van der Waals surface area contributed by atoms with Crippen molar-refractivity contribution in [2.75, 3.05) is 28.2 Å². The molecule has 0 unspecified atom stereocenters. The summed E-state index contributed by atoms with van der Waals surface area (Å²) in [6.45, 7) is 1.74. The predicted octanol–water partition coefficient (Wildman–Crippen LogP) is 4.88. The third-order valence-electron chi connectivity index (χ3n) is 3.99. The van der Waals surface area contributed by atoms with Crippen LogP contribution in [0.15, 0.2) is 48.0 Å². The van der Waals surface area contributed by atoms with Crippen LogP contribution in [-0.4, -0.2) is 32.3 Å². The number of rotatable bonds is 9. The molecule has 0 saturated heterocycles. The highest BCUT2D eigenvalue weighted by molar-refractivity contribution is 7.92. The van der Waals surface area contributed by atoms with Crippen molar-refractivity contribution in [3.05, 3.63) is 53.8 Å². The normalized spacial score (nSPS) is 11.0. The van der Waals surface area contributed by atoms with E-state index in [9.17, 15) is 17.6 Å². The maximum Gasteiger partial charge on any atom is 0.325 e. The summed E-state index contributed by atoms with van der Waals surface area (Å²) in [6, 6.07) is 7.78. The molecule has 1 aromatic heterocycles. The molecule has 3 N–H and O–H groups in total. The summed E-state index contributed by atoms with van der Waals surface area (Å²) in [5.41, 5.74) is 0.303. The van der Waals surface area contributed by atoms with Crippen molar-refractivity contribution in [3.63, 3.8) is 0 Å². The number of sulfonamides is 1. The highest BCUT2D eigenvalue weighted by Gasteiger charge is 2.17. The average molecular weight is 481 g/mol. The van der Waals surface area contributed by atoms with Crippen LogP contribution in [-0.2, 0) is 10.0 Å². The molecular weight excluding hydrogens is 459 g/mol. The molecule has 0 bridgehead atoms. The summed E-state index contributed by atoms with van der Waals surface area (Å²) in [5, 5.41) is 7.18. The zero-order valence-electron chi connectivity index (χ0n) is 17.2. The SMILES string of the molecule is CCCS(=O)(=O)Nc1ccc(Oc2c(F)cccc2OC)c(NC(=O)Nc2nccs2)c1. The molecule has 9 nitrogen and oxygen atoms in total. The summed E-state index contributed by atoms with van der Waals surface area (Å²) < 4.78 is 51.9. The largest absolute Gasteiger partial charge is 0.493 e. The predicted molar refractivity (Wildman–Crippen MR) is 122 cm³/mol. The Morgan fingerprint density at radius 2 is 2.00 bits per heavy atom. The lowest BCUT2D eigenvalue weighted by molar-refractivity contribution is 0.262. The molecule has 3 aromatic rings. The van der Waals surface area contributed by atoms with Gasteiger partial charge in [0.2, 0.25) is 15.8 Å². The number of ether oxygens (including phenoxy) is 2. The Morgan fingerprint density at radius 3 is 2.69 bits per heavy atom. The minimum absolute atomic E-state index is 0.0645. The molecule has 32 heavy (non-hydrogen) atoms. The number of amides is 2. The van der Waals surface area contributed by atoms with Crippen molar-refractivity contribution >= 4 is 43.9 Å². The molecule has 0 radical (unpaired) electrons. The van der Waals surface area contributed by atoms with E-state index in [-0.39, 0.29) is 34.4 Å². The lowest BCUT2D eigenvalue weighted by Gasteiger charge is -2.16. The van der Waals surface area contributed by atoms with E-state index in [4.69, 9.17) is 9.47 Å². The lowest BCUT2D eigenvalue weighted by atomic mass is 10.2. The maximum atomic E-state index is 14.4. The van der Waals surface area contributed by atoms with Gasteiger partial charge in [0, 0.05) is 11.6 Å². The second-order valence-corrected chi connectivity index (χ2v) is 9.16. The van der Waals surface area contributed by atoms with Gasteiger partial charge in [-0.1, -0.05) is 13.0 Å². The van der Waals surface area contributed by atoms with Crippen LogP contribution in [0.1, 0.15) is 13.3 Å². The lowest BCUT2D eigenvalue weighted by Crippen LogP contribution is -2.20. The molecule has 2 aromatic carbocycles. The van der Waals surface area contributed by atoms with E-state index in [1.54, 1.807) is 12.3 Å². The van der Waals surface area contributed by atoms with Crippen LogP contribution in [0.25, 0.3) is 0 Å². The Bertz CT molecular complexity index is 1190. The molecule has 0 atom stereocenters. The Kier molecular flexibility index (Phi) is 7.49. The molecule has 0 aliphatic rings. The minimum atomic E-state index is -3.57. The molecule has 12 heteroatoms. The fraction of sp³-hybridized carbons (Fsp3) is 0.200. The molecule has 0 spiro atoms. The minimum Gasteiger partial charge on any atom is -0.493 e. The molecular formula is C20H21FN4O5S2. The van der Waals surface area contributed by atoms with Crippen molar-refractivity contribution in [1.29, 1.82) is 0 Å². The molecule has 3 rings (SSSR count). The summed E-state index contributed by atoms with van der Waals surface area (Å²) in [6.07, 6.45) is 1.97. The van der Waals surface area contributed by atoms with Gasteiger partial charge in [-0.25, -0.2) is 22.6 Å². The van der Waals surface area contributed by atoms with Gasteiger partial charge in [-0.2, -0.15) is 0 Å². The van der Waals surface area contributed by atoms with Crippen LogP contribution in [0.2, 0.25) is 0 Å². The molecule has 170 valence electrons. The van der Waals surface area contributed by atoms with E-state index in [1.165, 1.54) is 61.0 Å². The van der Waals surface area contributed by atoms with Gasteiger partial charge in [0.25, 0.3) is 0 Å². The number of carbonyl (C=O) groups excluding carboxylic acids is 1. The summed E-state index contributed by atoms with van der Waals surface area (Å²) in [7, 11) is -2.20. The monoisotopic (exact) mass is 480 g/mol. The van der Waals surface area contributed by atoms with Crippen molar-refractivity contribution in [2.24, 2.45) is 0 Å². The van der Waals surface area contributed by atoms with Crippen LogP contribution in [0, 0.1) is 5.82 Å². The number of halogens is 1. The van der Waals surface area contributed by atoms with E-state index < -0.39 is 21.9 Å². The number of benzene rings is 2. The molecule has 1 heterocycles. The quantitative estimate of drug-likeness (QED) is 0.402. The van der Waals surface area contributed by atoms with Crippen molar-refractivity contribution < 1.29 is 27.1 Å². The van der Waals surface area contributed by atoms with Gasteiger partial charge in [0.15, 0.2) is 22.4 Å². The Hall–Kier alpha value is -3.38. The number of thiazole rings is 1. The molecule has 0 fully saturated rings. The second kappa shape index (κ2) is 10.3. The van der Waals surface area contributed by atoms with E-state index in [1.807, 2.05) is 0 Å². The van der Waals surface area contributed by atoms with E-state index in [0.29, 0.717) is 11.6 Å². The first-order valence-electron chi connectivity index (χ1n) is 9.43. The van der Waals surface area contributed by atoms with Crippen molar-refractivity contribution in [2.45, 2.75) is 13.3 Å². The smallest absolute Gasteiger partial charge is 0.325 e. The topological polar surface area (TPSA) is 119 Å². The van der Waals surface area contributed by atoms with Gasteiger partial charge in [0.05, 0.1) is 24.2 Å². The number of para-hydroxylation sites is 1. The van der Waals surface area contributed by atoms with Crippen LogP contribution < -0.4 is 24.8 Å². The molecule has 0 saturated carbocycles. The van der Waals surface area contributed by atoms with Gasteiger partial charge >= 0.3 is 6.03 Å². The number of aromatic nitrogens is 1. The average Bonchev–Trinajstić information content (AvgIpc) is 3.23. The van der Waals surface area contributed by atoms with E-state index in [0.717, 1.165) is 0 Å². The van der Waals surface area contributed by atoms with Gasteiger partial charge in [-0.3, -0.25) is 10.0 Å². The number of anilines is 3. The maximum absolute atomic E-state index is 14.4. The highest BCUT2D eigenvalue weighted by Crippen LogP contribution is 2.38. The first-order valence-corrected chi connectivity index (χ1v) is 12.0. The van der Waals surface area contributed by atoms with Crippen molar-refractivity contribution in [1.82, 2.24) is 4.98 Å². The third kappa shape index (κ3) is 6.08. The Labute approximate surface area is 188 Å². The van der Waals surface area contributed by atoms with Crippen LogP contribution in [0.4, 0.5) is 25.7 Å². The van der Waals surface area contributed by atoms with Crippen LogP contribution in [0.3, 0.4) is 0 Å². The highest BCUT2D eigenvalue weighted by atomic mass is 32.2. The third-order valence-corrected chi connectivity index (χ3v) is 6.17. The summed E-state index contributed by atoms with van der Waals surface area (Å²) in [4.78, 5) is 16.4. The molecule has 0 aliphatic carbocycles. The Morgan fingerprint density at radius 1 is 1.19 bits per heavy atom. The summed E-state index contributed by atoms with van der Waals surface area (Å²) >= 11 is 1.22. The fourth-order valence-corrected chi connectivity index (χ4v) is 4.32. The second-order valence-electron chi connectivity index (χ2n) is 6.42. The fourth-order valence-electron chi connectivity index (χ4n) is 2.67. The number of hydrogen-bond acceptors (Lipinski definition) is 7. The molecule has 0 aliphatic heterocycles. The standard InChI is InChI=1S/C20H21FN4O5S2/c1-3-11-32(27,28)25-13-7-8-16(30-18-14(21)5-4-6-17(18)29-2)15(12-13)23-19(26)24-20-22-9-10-31-20/h4-10,12,25H,3,11H2,1-2H3,(H2,22,23,24,26). The zero-order chi connectivity index (χ0) is 23.1. The number of nitrogens with zero attached hydrogens (tertiary/aromatic N) is 1. The molecule has 2 amide bonds. The first-order chi connectivity index (χ1) is 15.3. The summed E-state index contributed by atoms with van der Waals surface area (Å²) in [5.74, 6) is -0.699. The zero-order valence-corrected chi connectivity index (χ0v) is 18.8. The van der Waals surface area contributed by atoms with Crippen molar-refractivity contribution in [3.8, 4) is 17.2 Å². The number of carbonyl (C=O) groups is 1. The first kappa shape index (κ1) is 23.3.